The van der Waals surface area contributed by atoms with E-state index in [-0.39, 0.29) is 6.04 Å². The molecule has 0 aromatic carbocycles. The van der Waals surface area contributed by atoms with Crippen molar-refractivity contribution in [1.29, 1.82) is 0 Å². The van der Waals surface area contributed by atoms with Crippen LogP contribution in [0, 0.1) is 0 Å². The Balaban J connectivity index is 1.95. The van der Waals surface area contributed by atoms with E-state index in [4.69, 9.17) is 5.73 Å². The van der Waals surface area contributed by atoms with Crippen LogP contribution in [-0.4, -0.2) is 14.6 Å². The van der Waals surface area contributed by atoms with Gasteiger partial charge in [-0.3, -0.25) is 4.98 Å². The molecule has 100 valence electrons. The number of pyridine rings is 1. The summed E-state index contributed by atoms with van der Waals surface area (Å²) in [4.78, 5) is 5.70. The predicted molar refractivity (Wildman–Crippen MR) is 76.1 cm³/mol. The van der Waals surface area contributed by atoms with Crippen LogP contribution in [-0.2, 0) is 12.8 Å². The summed E-state index contributed by atoms with van der Waals surface area (Å²) in [6, 6.07) is 4.16. The fourth-order valence-corrected chi connectivity index (χ4v) is 3.70. The fraction of sp³-hybridized carbons (Fsp3) is 0.500. The lowest BCUT2D eigenvalue weighted by Crippen LogP contribution is -2.24. The first kappa shape index (κ1) is 12.7. The Labute approximate surface area is 117 Å². The quantitative estimate of drug-likeness (QED) is 0.934. The molecule has 1 aliphatic carbocycles. The van der Waals surface area contributed by atoms with Gasteiger partial charge in [-0.15, -0.1) is 5.10 Å². The van der Waals surface area contributed by atoms with Gasteiger partial charge in [-0.05, 0) is 48.8 Å². The van der Waals surface area contributed by atoms with E-state index < -0.39 is 0 Å². The van der Waals surface area contributed by atoms with Gasteiger partial charge in [0.15, 0.2) is 0 Å². The van der Waals surface area contributed by atoms with E-state index in [1.807, 2.05) is 12.3 Å². The third-order valence-electron chi connectivity index (χ3n) is 3.89. The predicted octanol–water partition coefficient (Wildman–Crippen LogP) is 2.62. The topological polar surface area (TPSA) is 64.7 Å². The molecule has 0 bridgehead atoms. The van der Waals surface area contributed by atoms with Gasteiger partial charge in [0.25, 0.3) is 0 Å². The highest BCUT2D eigenvalue weighted by Gasteiger charge is 2.30. The summed E-state index contributed by atoms with van der Waals surface area (Å²) < 4.78 is 4.06. The van der Waals surface area contributed by atoms with E-state index in [0.29, 0.717) is 5.92 Å². The Morgan fingerprint density at radius 1 is 1.53 bits per heavy atom. The van der Waals surface area contributed by atoms with Crippen molar-refractivity contribution in [3.8, 4) is 0 Å². The largest absolute Gasteiger partial charge is 0.323 e. The summed E-state index contributed by atoms with van der Waals surface area (Å²) in [5, 5.41) is 4.17. The van der Waals surface area contributed by atoms with Crippen molar-refractivity contribution in [3.05, 3.63) is 40.2 Å². The van der Waals surface area contributed by atoms with Crippen LogP contribution < -0.4 is 5.73 Å². The highest BCUT2D eigenvalue weighted by Crippen LogP contribution is 2.39. The lowest BCUT2D eigenvalue weighted by atomic mass is 9.81. The molecule has 1 aliphatic rings. The maximum Gasteiger partial charge on any atom is 0.0801 e. The third-order valence-corrected chi connectivity index (χ3v) is 4.76. The van der Waals surface area contributed by atoms with E-state index in [1.54, 1.807) is 0 Å². The van der Waals surface area contributed by atoms with E-state index in [0.717, 1.165) is 29.8 Å². The summed E-state index contributed by atoms with van der Waals surface area (Å²) >= 11 is 1.44. The molecule has 2 heterocycles. The first-order valence-corrected chi connectivity index (χ1v) is 7.59. The average Bonchev–Trinajstić information content (AvgIpc) is 2.94. The van der Waals surface area contributed by atoms with Crippen LogP contribution in [0.2, 0.25) is 0 Å². The van der Waals surface area contributed by atoms with Crippen molar-refractivity contribution in [2.45, 2.75) is 44.6 Å². The number of hydrogen-bond donors (Lipinski definition) is 1. The lowest BCUT2D eigenvalue weighted by Gasteiger charge is -2.28. The van der Waals surface area contributed by atoms with Crippen LogP contribution in [0.5, 0.6) is 0 Å². The van der Waals surface area contributed by atoms with Gasteiger partial charge in [-0.2, -0.15) is 0 Å². The first-order valence-electron chi connectivity index (χ1n) is 6.81. The van der Waals surface area contributed by atoms with Crippen molar-refractivity contribution in [3.63, 3.8) is 0 Å². The van der Waals surface area contributed by atoms with Gasteiger partial charge in [-0.1, -0.05) is 17.5 Å². The standard InChI is InChI=1S/C14H18N4S/c1-2-11-14(19-18-17-11)12(15)10-7-3-5-9-6-4-8-16-13(9)10/h4,6,8,10,12H,2-3,5,7,15H2,1H3. The molecule has 0 saturated carbocycles. The van der Waals surface area contributed by atoms with Gasteiger partial charge in [0, 0.05) is 17.8 Å². The molecular weight excluding hydrogens is 256 g/mol. The van der Waals surface area contributed by atoms with Crippen LogP contribution in [0.1, 0.15) is 53.6 Å². The zero-order valence-electron chi connectivity index (χ0n) is 11.0. The zero-order chi connectivity index (χ0) is 13.2. The Kier molecular flexibility index (Phi) is 3.57. The second kappa shape index (κ2) is 5.35. The summed E-state index contributed by atoms with van der Waals surface area (Å²) in [6.45, 7) is 2.10. The fourth-order valence-electron chi connectivity index (χ4n) is 2.89. The number of hydrogen-bond acceptors (Lipinski definition) is 5. The van der Waals surface area contributed by atoms with Gasteiger partial charge in [0.05, 0.1) is 16.6 Å². The maximum atomic E-state index is 6.50. The van der Waals surface area contributed by atoms with E-state index >= 15 is 0 Å². The number of aryl methyl sites for hydroxylation is 2. The molecule has 0 spiro atoms. The Morgan fingerprint density at radius 2 is 2.42 bits per heavy atom. The van der Waals surface area contributed by atoms with Crippen molar-refractivity contribution >= 4 is 11.5 Å². The number of rotatable bonds is 3. The Hall–Kier alpha value is -1.33. The molecule has 2 N–H and O–H groups in total. The SMILES string of the molecule is CCc1nnsc1C(N)C1CCCc2cccnc21. The molecule has 2 aromatic heterocycles. The Morgan fingerprint density at radius 3 is 3.26 bits per heavy atom. The van der Waals surface area contributed by atoms with Crippen LogP contribution in [0.15, 0.2) is 18.3 Å². The van der Waals surface area contributed by atoms with E-state index in [2.05, 4.69) is 27.6 Å². The van der Waals surface area contributed by atoms with E-state index in [9.17, 15) is 0 Å². The molecule has 0 radical (unpaired) electrons. The van der Waals surface area contributed by atoms with Gasteiger partial charge < -0.3 is 5.73 Å². The number of aromatic nitrogens is 3. The smallest absolute Gasteiger partial charge is 0.0801 e. The second-order valence-electron chi connectivity index (χ2n) is 5.01. The Bertz CT molecular complexity index is 566. The normalized spacial score (nSPS) is 20.0. The van der Waals surface area contributed by atoms with Gasteiger partial charge in [-0.25, -0.2) is 0 Å². The second-order valence-corrected chi connectivity index (χ2v) is 5.80. The summed E-state index contributed by atoms with van der Waals surface area (Å²) in [5.74, 6) is 0.303. The molecule has 2 aromatic rings. The molecule has 0 aliphatic heterocycles. The summed E-state index contributed by atoms with van der Waals surface area (Å²) in [6.07, 6.45) is 6.17. The number of fused-ring (bicyclic) bond motifs is 1. The molecule has 4 nitrogen and oxygen atoms in total. The van der Waals surface area contributed by atoms with Crippen LogP contribution in [0.4, 0.5) is 0 Å². The minimum absolute atomic E-state index is 0.0242. The van der Waals surface area contributed by atoms with Gasteiger partial charge in [0.2, 0.25) is 0 Å². The molecule has 3 rings (SSSR count). The molecule has 19 heavy (non-hydrogen) atoms. The molecular formula is C14H18N4S. The molecule has 5 heteroatoms. The van der Waals surface area contributed by atoms with E-state index in [1.165, 1.54) is 29.2 Å². The van der Waals surface area contributed by atoms with Crippen LogP contribution in [0.3, 0.4) is 0 Å². The van der Waals surface area contributed by atoms with Gasteiger partial charge >= 0.3 is 0 Å². The molecule has 0 saturated heterocycles. The maximum absolute atomic E-state index is 6.50. The third kappa shape index (κ3) is 2.28. The molecule has 0 fully saturated rings. The van der Waals surface area contributed by atoms with Crippen LogP contribution >= 0.6 is 11.5 Å². The minimum Gasteiger partial charge on any atom is -0.323 e. The molecule has 0 amide bonds. The monoisotopic (exact) mass is 274 g/mol. The highest BCUT2D eigenvalue weighted by atomic mass is 32.1. The zero-order valence-corrected chi connectivity index (χ0v) is 11.9. The van der Waals surface area contributed by atoms with Crippen molar-refractivity contribution < 1.29 is 0 Å². The minimum atomic E-state index is -0.0242. The summed E-state index contributed by atoms with van der Waals surface area (Å²) in [7, 11) is 0. The average molecular weight is 274 g/mol. The van der Waals surface area contributed by atoms with Crippen molar-refractivity contribution in [2.75, 3.05) is 0 Å². The lowest BCUT2D eigenvalue weighted by molar-refractivity contribution is 0.465. The summed E-state index contributed by atoms with van der Waals surface area (Å²) in [5.41, 5.74) is 10.1. The number of nitrogens with zero attached hydrogens (tertiary/aromatic N) is 3. The molecule has 2 unspecified atom stereocenters. The number of nitrogens with two attached hydrogens (primary N) is 1. The molecule has 2 atom stereocenters. The highest BCUT2D eigenvalue weighted by molar-refractivity contribution is 7.05. The van der Waals surface area contributed by atoms with Crippen LogP contribution in [0.25, 0.3) is 0 Å². The first-order chi connectivity index (χ1) is 9.31. The van der Waals surface area contributed by atoms with Gasteiger partial charge in [0.1, 0.15) is 0 Å². The van der Waals surface area contributed by atoms with Crippen molar-refractivity contribution in [1.82, 2.24) is 14.6 Å². The van der Waals surface area contributed by atoms with Crippen molar-refractivity contribution in [2.24, 2.45) is 5.73 Å².